The van der Waals surface area contributed by atoms with Gasteiger partial charge in [-0.1, -0.05) is 12.1 Å². The van der Waals surface area contributed by atoms with Crippen molar-refractivity contribution in [2.45, 2.75) is 31.9 Å². The van der Waals surface area contributed by atoms with Crippen LogP contribution in [0.5, 0.6) is 5.75 Å². The van der Waals surface area contributed by atoms with E-state index < -0.39 is 5.97 Å². The Labute approximate surface area is 125 Å². The molecule has 1 aromatic rings. The molecule has 0 saturated carbocycles. The van der Waals surface area contributed by atoms with E-state index in [2.05, 4.69) is 18.9 Å². The van der Waals surface area contributed by atoms with Gasteiger partial charge in [-0.05, 0) is 38.1 Å². The van der Waals surface area contributed by atoms with E-state index in [4.69, 9.17) is 14.6 Å². The highest BCUT2D eigenvalue weighted by Gasteiger charge is 2.27. The van der Waals surface area contributed by atoms with E-state index in [1.165, 1.54) is 0 Å². The van der Waals surface area contributed by atoms with E-state index in [1.54, 1.807) is 12.1 Å². The van der Waals surface area contributed by atoms with Crippen LogP contribution in [-0.4, -0.2) is 54.9 Å². The molecule has 0 radical (unpaired) electrons. The van der Waals surface area contributed by atoms with Crippen molar-refractivity contribution in [3.63, 3.8) is 0 Å². The number of likely N-dealkylation sites (N-methyl/N-ethyl adjacent to an activating group) is 1. The van der Waals surface area contributed by atoms with Crippen LogP contribution in [0.25, 0.3) is 0 Å². The molecule has 0 spiro atoms. The molecule has 2 unspecified atom stereocenters. The number of carboxylic acids is 1. The molecule has 5 heteroatoms. The van der Waals surface area contributed by atoms with Crippen LogP contribution in [0.15, 0.2) is 24.3 Å². The van der Waals surface area contributed by atoms with Gasteiger partial charge < -0.3 is 14.6 Å². The van der Waals surface area contributed by atoms with Crippen molar-refractivity contribution in [2.75, 3.05) is 26.8 Å². The SMILES string of the molecule is CC1OCCC1N(C)CCOc1ccc(CC(=O)O)cc1. The Morgan fingerprint density at radius 1 is 1.43 bits per heavy atom. The molecule has 1 N–H and O–H groups in total. The van der Waals surface area contributed by atoms with Gasteiger partial charge in [-0.15, -0.1) is 0 Å². The van der Waals surface area contributed by atoms with Crippen molar-refractivity contribution >= 4 is 5.97 Å². The lowest BCUT2D eigenvalue weighted by molar-refractivity contribution is -0.136. The highest BCUT2D eigenvalue weighted by atomic mass is 16.5. The molecular weight excluding hydrogens is 270 g/mol. The van der Waals surface area contributed by atoms with Crippen molar-refractivity contribution in [2.24, 2.45) is 0 Å². The minimum atomic E-state index is -0.821. The van der Waals surface area contributed by atoms with Crippen LogP contribution in [0.4, 0.5) is 0 Å². The molecule has 1 heterocycles. The zero-order valence-corrected chi connectivity index (χ0v) is 12.6. The fraction of sp³-hybridized carbons (Fsp3) is 0.562. The largest absolute Gasteiger partial charge is 0.492 e. The number of aliphatic carboxylic acids is 1. The van der Waals surface area contributed by atoms with Crippen LogP contribution < -0.4 is 4.74 Å². The number of ether oxygens (including phenoxy) is 2. The maximum absolute atomic E-state index is 10.6. The minimum Gasteiger partial charge on any atom is -0.492 e. The third-order valence-corrected chi connectivity index (χ3v) is 3.89. The average Bonchev–Trinajstić information content (AvgIpc) is 2.86. The Morgan fingerprint density at radius 3 is 2.71 bits per heavy atom. The van der Waals surface area contributed by atoms with Crippen LogP contribution in [0.2, 0.25) is 0 Å². The molecule has 0 amide bonds. The topological polar surface area (TPSA) is 59.0 Å². The Bertz CT molecular complexity index is 460. The second-order valence-electron chi connectivity index (χ2n) is 5.48. The average molecular weight is 293 g/mol. The van der Waals surface area contributed by atoms with Gasteiger partial charge in [0, 0.05) is 19.2 Å². The number of benzene rings is 1. The summed E-state index contributed by atoms with van der Waals surface area (Å²) in [4.78, 5) is 12.9. The van der Waals surface area contributed by atoms with Crippen LogP contribution in [-0.2, 0) is 16.0 Å². The summed E-state index contributed by atoms with van der Waals surface area (Å²) in [7, 11) is 2.09. The fourth-order valence-electron chi connectivity index (χ4n) is 2.65. The van der Waals surface area contributed by atoms with Crippen LogP contribution >= 0.6 is 0 Å². The van der Waals surface area contributed by atoms with Crippen molar-refractivity contribution in [1.82, 2.24) is 4.90 Å². The quantitative estimate of drug-likeness (QED) is 0.830. The summed E-state index contributed by atoms with van der Waals surface area (Å²) < 4.78 is 11.3. The van der Waals surface area contributed by atoms with Crippen LogP contribution in [0.1, 0.15) is 18.9 Å². The van der Waals surface area contributed by atoms with Gasteiger partial charge in [0.2, 0.25) is 0 Å². The third kappa shape index (κ3) is 4.72. The first-order chi connectivity index (χ1) is 10.1. The maximum Gasteiger partial charge on any atom is 0.307 e. The number of nitrogens with zero attached hydrogens (tertiary/aromatic N) is 1. The zero-order valence-electron chi connectivity index (χ0n) is 12.6. The second kappa shape index (κ2) is 7.43. The monoisotopic (exact) mass is 293 g/mol. The molecule has 2 atom stereocenters. The molecule has 5 nitrogen and oxygen atoms in total. The molecule has 1 aliphatic rings. The van der Waals surface area contributed by atoms with Gasteiger partial charge in [0.1, 0.15) is 12.4 Å². The summed E-state index contributed by atoms with van der Waals surface area (Å²) in [5, 5.41) is 8.72. The Balaban J connectivity index is 1.74. The molecule has 0 aliphatic carbocycles. The predicted octanol–water partition coefficient (Wildman–Crippen LogP) is 1.80. The van der Waals surface area contributed by atoms with Crippen molar-refractivity contribution in [3.05, 3.63) is 29.8 Å². The smallest absolute Gasteiger partial charge is 0.307 e. The van der Waals surface area contributed by atoms with Crippen LogP contribution in [0.3, 0.4) is 0 Å². The Morgan fingerprint density at radius 2 is 2.14 bits per heavy atom. The lowest BCUT2D eigenvalue weighted by atomic mass is 10.1. The molecule has 1 saturated heterocycles. The van der Waals surface area contributed by atoms with Gasteiger partial charge in [0.15, 0.2) is 0 Å². The highest BCUT2D eigenvalue weighted by Crippen LogP contribution is 2.18. The summed E-state index contributed by atoms with van der Waals surface area (Å²) in [6.07, 6.45) is 1.40. The van der Waals surface area contributed by atoms with Gasteiger partial charge in [-0.25, -0.2) is 0 Å². The molecule has 2 rings (SSSR count). The second-order valence-corrected chi connectivity index (χ2v) is 5.48. The fourth-order valence-corrected chi connectivity index (χ4v) is 2.65. The lowest BCUT2D eigenvalue weighted by Crippen LogP contribution is -2.39. The minimum absolute atomic E-state index is 0.0442. The molecule has 0 aromatic heterocycles. The molecule has 1 aromatic carbocycles. The van der Waals surface area contributed by atoms with Crippen molar-refractivity contribution < 1.29 is 19.4 Å². The summed E-state index contributed by atoms with van der Waals surface area (Å²) >= 11 is 0. The van der Waals surface area contributed by atoms with E-state index in [-0.39, 0.29) is 12.5 Å². The first-order valence-electron chi connectivity index (χ1n) is 7.31. The molecular formula is C16H23NO4. The number of rotatable bonds is 7. The van der Waals surface area contributed by atoms with Gasteiger partial charge in [-0.3, -0.25) is 9.69 Å². The van der Waals surface area contributed by atoms with E-state index in [1.807, 2.05) is 12.1 Å². The first kappa shape index (κ1) is 15.8. The number of hydrogen-bond acceptors (Lipinski definition) is 4. The standard InChI is InChI=1S/C16H23NO4/c1-12-15(7-9-20-12)17(2)8-10-21-14-5-3-13(4-6-14)11-16(18)19/h3-6,12,15H,7-11H2,1-2H3,(H,18,19). The zero-order chi connectivity index (χ0) is 15.2. The maximum atomic E-state index is 10.6. The Kier molecular flexibility index (Phi) is 5.59. The number of hydrogen-bond donors (Lipinski definition) is 1. The van der Waals surface area contributed by atoms with E-state index in [9.17, 15) is 4.79 Å². The first-order valence-corrected chi connectivity index (χ1v) is 7.31. The van der Waals surface area contributed by atoms with Crippen molar-refractivity contribution in [3.8, 4) is 5.75 Å². The van der Waals surface area contributed by atoms with E-state index >= 15 is 0 Å². The summed E-state index contributed by atoms with van der Waals surface area (Å²) in [5.41, 5.74) is 0.781. The molecule has 1 aliphatic heterocycles. The predicted molar refractivity (Wildman–Crippen MR) is 79.7 cm³/mol. The highest BCUT2D eigenvalue weighted by molar-refractivity contribution is 5.70. The van der Waals surface area contributed by atoms with Crippen LogP contribution in [0, 0.1) is 0 Å². The van der Waals surface area contributed by atoms with Crippen molar-refractivity contribution in [1.29, 1.82) is 0 Å². The third-order valence-electron chi connectivity index (χ3n) is 3.89. The molecule has 0 bridgehead atoms. The molecule has 21 heavy (non-hydrogen) atoms. The lowest BCUT2D eigenvalue weighted by Gasteiger charge is -2.26. The van der Waals surface area contributed by atoms with Gasteiger partial charge in [-0.2, -0.15) is 0 Å². The Hall–Kier alpha value is -1.59. The van der Waals surface area contributed by atoms with E-state index in [0.717, 1.165) is 30.9 Å². The van der Waals surface area contributed by atoms with Gasteiger partial charge in [0.05, 0.1) is 12.5 Å². The summed E-state index contributed by atoms with van der Waals surface area (Å²) in [6, 6.07) is 7.69. The molecule has 1 fully saturated rings. The number of carbonyl (C=O) groups is 1. The summed E-state index contributed by atoms with van der Waals surface area (Å²) in [5.74, 6) is -0.0496. The normalized spacial score (nSPS) is 21.7. The molecule has 116 valence electrons. The van der Waals surface area contributed by atoms with E-state index in [0.29, 0.717) is 12.6 Å². The number of carboxylic acid groups (broad SMARTS) is 1. The summed E-state index contributed by atoms with van der Waals surface area (Å²) in [6.45, 7) is 4.39. The van der Waals surface area contributed by atoms with Gasteiger partial charge >= 0.3 is 5.97 Å². The van der Waals surface area contributed by atoms with Gasteiger partial charge in [0.25, 0.3) is 0 Å².